The van der Waals surface area contributed by atoms with E-state index in [1.165, 1.54) is 13.8 Å². The van der Waals surface area contributed by atoms with Gasteiger partial charge in [0.1, 0.15) is 22.0 Å². The van der Waals surface area contributed by atoms with E-state index in [9.17, 15) is 14.9 Å². The molecule has 0 saturated carbocycles. The third kappa shape index (κ3) is 2.95. The number of nitriles is 1. The highest BCUT2D eigenvalue weighted by atomic mass is 32.2. The van der Waals surface area contributed by atoms with Gasteiger partial charge in [-0.3, -0.25) is 14.9 Å². The van der Waals surface area contributed by atoms with Crippen LogP contribution in [-0.4, -0.2) is 25.7 Å². The van der Waals surface area contributed by atoms with Gasteiger partial charge in [-0.2, -0.15) is 5.26 Å². The second kappa shape index (κ2) is 5.01. The molecule has 0 aliphatic carbocycles. The molecule has 0 fully saturated rings. The molecule has 0 spiro atoms. The summed E-state index contributed by atoms with van der Waals surface area (Å²) in [6, 6.07) is 2.85. The summed E-state index contributed by atoms with van der Waals surface area (Å²) < 4.78 is -1.17. The molecule has 1 heterocycles. The van der Waals surface area contributed by atoms with E-state index >= 15 is 0 Å². The summed E-state index contributed by atoms with van der Waals surface area (Å²) in [5, 5.41) is 28.5. The first-order chi connectivity index (χ1) is 8.27. The number of aliphatic carboxylic acids is 1. The van der Waals surface area contributed by atoms with Crippen LogP contribution in [0.1, 0.15) is 19.4 Å². The van der Waals surface area contributed by atoms with E-state index in [0.717, 1.165) is 24.0 Å². The van der Waals surface area contributed by atoms with Crippen molar-refractivity contribution in [2.75, 3.05) is 0 Å². The predicted molar refractivity (Wildman–Crippen MR) is 63.2 cm³/mol. The van der Waals surface area contributed by atoms with E-state index in [1.807, 2.05) is 0 Å². The average molecular weight is 267 g/mol. The van der Waals surface area contributed by atoms with Crippen LogP contribution in [-0.2, 0) is 4.79 Å². The predicted octanol–water partition coefficient (Wildman–Crippen LogP) is 1.82. The topological polar surface area (TPSA) is 117 Å². The minimum absolute atomic E-state index is 0.0106. The zero-order chi connectivity index (χ0) is 13.9. The molecule has 1 rings (SSSR count). The first kappa shape index (κ1) is 13.9. The highest BCUT2D eigenvalue weighted by Gasteiger charge is 2.30. The number of nitro groups is 1. The van der Waals surface area contributed by atoms with E-state index in [-0.39, 0.29) is 16.3 Å². The summed E-state index contributed by atoms with van der Waals surface area (Å²) in [6.07, 6.45) is 1.00. The summed E-state index contributed by atoms with van der Waals surface area (Å²) in [7, 11) is 0. The molecule has 0 bridgehead atoms. The quantitative estimate of drug-likeness (QED) is 0.502. The number of hydrogen-bond donors (Lipinski definition) is 1. The fourth-order valence-corrected chi connectivity index (χ4v) is 1.88. The monoisotopic (exact) mass is 267 g/mol. The molecule has 0 amide bonds. The molecule has 1 N–H and O–H groups in total. The Hall–Kier alpha value is -2.14. The minimum Gasteiger partial charge on any atom is -0.480 e. The number of carboxylic acids is 1. The van der Waals surface area contributed by atoms with Crippen molar-refractivity contribution < 1.29 is 14.8 Å². The van der Waals surface area contributed by atoms with Crippen molar-refractivity contribution in [2.24, 2.45) is 0 Å². The smallest absolute Gasteiger partial charge is 0.319 e. The molecule has 7 nitrogen and oxygen atoms in total. The maximum atomic E-state index is 11.0. The van der Waals surface area contributed by atoms with Gasteiger partial charge in [-0.15, -0.1) is 0 Å². The maximum Gasteiger partial charge on any atom is 0.319 e. The Morgan fingerprint density at radius 1 is 1.67 bits per heavy atom. The Balaban J connectivity index is 3.16. The standard InChI is InChI=1S/C10H9N3O4S/c1-10(2,9(14)15)18-8-6(4-11)3-7(5-12-8)13(16)17/h3,5H,1-2H3,(H,14,15). The van der Waals surface area contributed by atoms with Crippen LogP contribution >= 0.6 is 11.8 Å². The number of pyridine rings is 1. The molecular weight excluding hydrogens is 258 g/mol. The molecule has 8 heteroatoms. The van der Waals surface area contributed by atoms with Crippen molar-refractivity contribution >= 4 is 23.4 Å². The van der Waals surface area contributed by atoms with Crippen molar-refractivity contribution in [3.63, 3.8) is 0 Å². The van der Waals surface area contributed by atoms with Gasteiger partial charge in [-0.1, -0.05) is 11.8 Å². The maximum absolute atomic E-state index is 11.0. The van der Waals surface area contributed by atoms with Crippen molar-refractivity contribution in [2.45, 2.75) is 23.6 Å². The summed E-state index contributed by atoms with van der Waals surface area (Å²) in [5.74, 6) is -1.06. The van der Waals surface area contributed by atoms with Gasteiger partial charge in [0, 0.05) is 6.07 Å². The number of aromatic nitrogens is 1. The van der Waals surface area contributed by atoms with Gasteiger partial charge in [0.15, 0.2) is 0 Å². The van der Waals surface area contributed by atoms with Crippen molar-refractivity contribution in [3.05, 3.63) is 27.9 Å². The van der Waals surface area contributed by atoms with Gasteiger partial charge in [0.2, 0.25) is 0 Å². The molecule has 18 heavy (non-hydrogen) atoms. The van der Waals surface area contributed by atoms with Gasteiger partial charge in [-0.05, 0) is 13.8 Å². The van der Waals surface area contributed by atoms with E-state index < -0.39 is 15.6 Å². The van der Waals surface area contributed by atoms with Crippen LogP contribution in [0.25, 0.3) is 0 Å². The van der Waals surface area contributed by atoms with Crippen molar-refractivity contribution in [1.29, 1.82) is 5.26 Å². The Kier molecular flexibility index (Phi) is 3.88. The van der Waals surface area contributed by atoms with Gasteiger partial charge in [0.25, 0.3) is 5.69 Å². The Morgan fingerprint density at radius 3 is 2.72 bits per heavy atom. The zero-order valence-corrected chi connectivity index (χ0v) is 10.4. The Labute approximate surface area is 107 Å². The SMILES string of the molecule is CC(C)(Sc1ncc([N+](=O)[O-])cc1C#N)C(=O)O. The van der Waals surface area contributed by atoms with Crippen LogP contribution in [0.3, 0.4) is 0 Å². The zero-order valence-electron chi connectivity index (χ0n) is 9.58. The minimum atomic E-state index is -1.17. The van der Waals surface area contributed by atoms with Gasteiger partial charge >= 0.3 is 5.97 Å². The third-order valence-electron chi connectivity index (χ3n) is 2.03. The fourth-order valence-electron chi connectivity index (χ4n) is 0.988. The summed E-state index contributed by atoms with van der Waals surface area (Å²) in [5.41, 5.74) is -0.312. The van der Waals surface area contributed by atoms with Crippen molar-refractivity contribution in [1.82, 2.24) is 4.98 Å². The molecule has 0 saturated heterocycles. The lowest BCUT2D eigenvalue weighted by atomic mass is 10.2. The number of carboxylic acid groups (broad SMARTS) is 1. The molecule has 0 aliphatic rings. The van der Waals surface area contributed by atoms with Crippen LogP contribution in [0.2, 0.25) is 0 Å². The summed E-state index contributed by atoms with van der Waals surface area (Å²) in [4.78, 5) is 24.6. The van der Waals surface area contributed by atoms with E-state index in [1.54, 1.807) is 6.07 Å². The molecule has 0 atom stereocenters. The molecule has 0 unspecified atom stereocenters. The van der Waals surface area contributed by atoms with Crippen LogP contribution in [0.15, 0.2) is 17.3 Å². The number of nitrogens with zero attached hydrogens (tertiary/aromatic N) is 3. The van der Waals surface area contributed by atoms with Crippen LogP contribution in [0, 0.1) is 21.4 Å². The van der Waals surface area contributed by atoms with Crippen LogP contribution in [0.5, 0.6) is 0 Å². The molecule has 94 valence electrons. The second-order valence-corrected chi connectivity index (χ2v) is 5.44. The lowest BCUT2D eigenvalue weighted by Gasteiger charge is -2.17. The van der Waals surface area contributed by atoms with Gasteiger partial charge in [-0.25, -0.2) is 4.98 Å². The molecular formula is C10H9N3O4S. The van der Waals surface area contributed by atoms with Gasteiger partial charge in [0.05, 0.1) is 10.5 Å². The van der Waals surface area contributed by atoms with E-state index in [2.05, 4.69) is 4.98 Å². The lowest BCUT2D eigenvalue weighted by Crippen LogP contribution is -2.27. The first-order valence-electron chi connectivity index (χ1n) is 4.75. The summed E-state index contributed by atoms with van der Waals surface area (Å²) >= 11 is 0.870. The fraction of sp³-hybridized carbons (Fsp3) is 0.300. The lowest BCUT2D eigenvalue weighted by molar-refractivity contribution is -0.385. The number of thioether (sulfide) groups is 1. The van der Waals surface area contributed by atoms with E-state index in [0.29, 0.717) is 0 Å². The molecule has 1 aromatic heterocycles. The second-order valence-electron chi connectivity index (χ2n) is 3.83. The molecule has 0 radical (unpaired) electrons. The number of rotatable bonds is 4. The van der Waals surface area contributed by atoms with Crippen LogP contribution in [0.4, 0.5) is 5.69 Å². The highest BCUT2D eigenvalue weighted by Crippen LogP contribution is 2.34. The molecule has 1 aromatic rings. The third-order valence-corrected chi connectivity index (χ3v) is 3.24. The Bertz CT molecular complexity index is 551. The van der Waals surface area contributed by atoms with Crippen molar-refractivity contribution in [3.8, 4) is 6.07 Å². The van der Waals surface area contributed by atoms with E-state index in [4.69, 9.17) is 10.4 Å². The highest BCUT2D eigenvalue weighted by molar-refractivity contribution is 8.01. The number of hydrogen-bond acceptors (Lipinski definition) is 6. The molecule has 0 aliphatic heterocycles. The summed E-state index contributed by atoms with van der Waals surface area (Å²) in [6.45, 7) is 2.93. The average Bonchev–Trinajstić information content (AvgIpc) is 2.28. The first-order valence-corrected chi connectivity index (χ1v) is 5.56. The molecule has 0 aromatic carbocycles. The normalized spacial score (nSPS) is 10.7. The van der Waals surface area contributed by atoms with Crippen LogP contribution < -0.4 is 0 Å². The number of carbonyl (C=O) groups is 1. The van der Waals surface area contributed by atoms with Gasteiger partial charge < -0.3 is 5.11 Å². The Morgan fingerprint density at radius 2 is 2.28 bits per heavy atom. The largest absolute Gasteiger partial charge is 0.480 e.